The lowest BCUT2D eigenvalue weighted by atomic mass is 9.82. The molecule has 0 nitrogen and oxygen atoms in total. The topological polar surface area (TPSA) is 0 Å². The van der Waals surface area contributed by atoms with Crippen LogP contribution in [0.15, 0.2) is 419 Å². The summed E-state index contributed by atoms with van der Waals surface area (Å²) in [6.07, 6.45) is 8.67. The Balaban J connectivity index is 0.0000000961. The molecule has 602 valence electrons. The van der Waals surface area contributed by atoms with Crippen LogP contribution in [-0.4, -0.2) is 0 Å². The molecule has 0 aromatic heterocycles. The molecule has 25 rings (SSSR count). The van der Waals surface area contributed by atoms with Crippen LogP contribution in [0.3, 0.4) is 0 Å². The van der Waals surface area contributed by atoms with E-state index in [1.165, 1.54) is 222 Å². The number of fused-ring (bicyclic) bond motifs is 24. The van der Waals surface area contributed by atoms with E-state index in [0.717, 1.165) is 6.42 Å². The maximum Gasteiger partial charge on any atom is 0.0352 e. The Morgan fingerprint density at radius 3 is 0.740 bits per heavy atom. The van der Waals surface area contributed by atoms with E-state index in [1.807, 2.05) is 0 Å². The molecule has 123 heavy (non-hydrogen) atoms. The molecule has 0 radical (unpaired) electrons. The molecule has 0 aliphatic heterocycles. The standard InChI is InChI=1S/C19H14.C17H18.C16H16.2C15H14.2C14H12.C13H10/c1-2-8-14(9-3-1)19-17-12-6-4-10-15(17)16-11-5-7-13-18(16)19;1-2-3-8-13-14-9-4-6-11-16(14)17-12-7-5-10-15(13)17;1-2-7-12-13-8-3-5-10-15(13)16-11-6-4-9-14(12)16;1-15(2)13-9-5-3-7-11(13)12-8-4-6-10-14(12)15;1-2-11-12-7-3-5-9-14(12)15-10-6-4-8-13(11)15;2*1-10-11-6-2-4-8-13(11)14-9-5-3-7-12(10)14;1-3-7-12-10(5-1)9-11-6-2-4-8-13(11)12/h1-13,19H;4-7,9-13H,2-3,8H2,1H3;3-6,8-12H,2,7H2,1H3;3-10H,1-2H3;3-11H,2H2,1H3;2*2-10H,1H3;1-8H,9H2. The second-order valence-electron chi connectivity index (χ2n) is 34.5. The molecule has 0 fully saturated rings. The average molecular weight is 1590 g/mol. The van der Waals surface area contributed by atoms with Crippen molar-refractivity contribution < 1.29 is 0 Å². The van der Waals surface area contributed by atoms with Gasteiger partial charge in [0, 0.05) is 40.9 Å². The Kier molecular flexibility index (Phi) is 24.0. The highest BCUT2D eigenvalue weighted by atomic mass is 14.4. The van der Waals surface area contributed by atoms with Crippen LogP contribution in [0.1, 0.15) is 217 Å². The first-order valence-corrected chi connectivity index (χ1v) is 45.1. The van der Waals surface area contributed by atoms with E-state index < -0.39 is 0 Å². The summed E-state index contributed by atoms with van der Waals surface area (Å²) < 4.78 is 0. The maximum absolute atomic E-state index is 2.30. The molecule has 17 aromatic rings. The van der Waals surface area contributed by atoms with E-state index in [-0.39, 0.29) is 5.41 Å². The van der Waals surface area contributed by atoms with Gasteiger partial charge >= 0.3 is 0 Å². The zero-order chi connectivity index (χ0) is 83.8. The van der Waals surface area contributed by atoms with Gasteiger partial charge in [-0.05, 0) is 209 Å². The van der Waals surface area contributed by atoms with Crippen LogP contribution in [0.2, 0.25) is 0 Å². The molecule has 0 spiro atoms. The monoisotopic (exact) mass is 1590 g/mol. The van der Waals surface area contributed by atoms with Crippen LogP contribution in [0, 0.1) is 0 Å². The highest BCUT2D eigenvalue weighted by Crippen LogP contribution is 2.53. The van der Waals surface area contributed by atoms with Gasteiger partial charge in [0.05, 0.1) is 0 Å². The van der Waals surface area contributed by atoms with Crippen LogP contribution in [-0.2, 0) is 11.8 Å². The van der Waals surface area contributed by atoms with Crippen molar-refractivity contribution in [1.29, 1.82) is 0 Å². The normalized spacial score (nSPS) is 13.7. The number of hydrogen-bond donors (Lipinski definition) is 0. The summed E-state index contributed by atoms with van der Waals surface area (Å²) in [6.45, 7) is 16.0. The third kappa shape index (κ3) is 15.8. The van der Waals surface area contributed by atoms with Crippen molar-refractivity contribution >= 4 is 0 Å². The van der Waals surface area contributed by atoms with Crippen molar-refractivity contribution in [2.45, 2.75) is 134 Å². The summed E-state index contributed by atoms with van der Waals surface area (Å²) in [6, 6.07) is 151. The average Bonchev–Trinajstić information content (AvgIpc) is 1.59. The summed E-state index contributed by atoms with van der Waals surface area (Å²) in [7, 11) is 0. The fourth-order valence-corrected chi connectivity index (χ4v) is 21.3. The Bertz CT molecular complexity index is 6120. The van der Waals surface area contributed by atoms with Crippen LogP contribution >= 0.6 is 0 Å². The molecule has 0 unspecified atom stereocenters. The molecule has 0 amide bonds. The molecule has 0 heterocycles. The van der Waals surface area contributed by atoms with Gasteiger partial charge in [-0.15, -0.1) is 0 Å². The second kappa shape index (κ2) is 36.6. The van der Waals surface area contributed by atoms with E-state index in [4.69, 9.17) is 0 Å². The van der Waals surface area contributed by atoms with Crippen LogP contribution in [0.4, 0.5) is 0 Å². The quantitative estimate of drug-likeness (QED) is 0.149. The molecule has 0 atom stereocenters. The number of unbranched alkanes of at least 4 members (excludes halogenated alkanes) is 1. The number of rotatable bonds is 7. The van der Waals surface area contributed by atoms with E-state index in [0.29, 0.717) is 35.5 Å². The fraction of sp³-hybridized carbons (Fsp3) is 0.171. The lowest BCUT2D eigenvalue weighted by Crippen LogP contribution is -2.14. The van der Waals surface area contributed by atoms with Gasteiger partial charge in [-0.3, -0.25) is 0 Å². The molecule has 8 aliphatic rings. The van der Waals surface area contributed by atoms with Gasteiger partial charge in [-0.25, -0.2) is 0 Å². The van der Waals surface area contributed by atoms with Crippen molar-refractivity contribution in [3.8, 4) is 89.0 Å². The molecule has 0 N–H and O–H groups in total. The van der Waals surface area contributed by atoms with Crippen LogP contribution < -0.4 is 0 Å². The lowest BCUT2D eigenvalue weighted by Gasteiger charge is -2.20. The predicted molar refractivity (Wildman–Crippen MR) is 523 cm³/mol. The molecule has 0 bridgehead atoms. The molecule has 0 saturated heterocycles. The summed E-state index contributed by atoms with van der Waals surface area (Å²) >= 11 is 0. The van der Waals surface area contributed by atoms with Crippen LogP contribution in [0.25, 0.3) is 89.0 Å². The van der Waals surface area contributed by atoms with Gasteiger partial charge in [0.1, 0.15) is 0 Å². The largest absolute Gasteiger partial charge is 0.0654 e. The third-order valence-electron chi connectivity index (χ3n) is 27.2. The van der Waals surface area contributed by atoms with Gasteiger partial charge in [0.25, 0.3) is 0 Å². The SMILES string of the molecule is CC1(C)c2ccccc2-c2ccccc21.CC1c2ccccc2-c2ccccc21.CC1c2ccccc2-c2ccccc21.CCC1c2ccccc2-c2ccccc21.CCCC1c2ccccc2-c2ccccc21.CCCCC1c2ccccc2-c2ccccc21.c1ccc(C2c3ccccc3-c3ccccc32)cc1.c1ccc2c(c1)Cc1ccccc1-2. The molecule has 0 heteroatoms. The summed E-state index contributed by atoms with van der Waals surface area (Å²) in [5.41, 5.74) is 47.9. The molecule has 17 aromatic carbocycles. The Labute approximate surface area is 731 Å². The van der Waals surface area contributed by atoms with Crippen molar-refractivity contribution in [2.24, 2.45) is 0 Å². The van der Waals surface area contributed by atoms with Crippen LogP contribution in [0.5, 0.6) is 0 Å². The van der Waals surface area contributed by atoms with E-state index in [1.54, 1.807) is 0 Å². The first-order chi connectivity index (χ1) is 60.6. The van der Waals surface area contributed by atoms with Gasteiger partial charge in [-0.1, -0.05) is 486 Å². The summed E-state index contributed by atoms with van der Waals surface area (Å²) in [5, 5.41) is 0. The van der Waals surface area contributed by atoms with E-state index >= 15 is 0 Å². The highest BCUT2D eigenvalue weighted by Gasteiger charge is 2.36. The van der Waals surface area contributed by atoms with Gasteiger partial charge < -0.3 is 0 Å². The Morgan fingerprint density at radius 2 is 0.439 bits per heavy atom. The minimum absolute atomic E-state index is 0.160. The molecule has 0 saturated carbocycles. The van der Waals surface area contributed by atoms with E-state index in [2.05, 4.69) is 467 Å². The van der Waals surface area contributed by atoms with Gasteiger partial charge in [-0.2, -0.15) is 0 Å². The minimum atomic E-state index is 0.160. The zero-order valence-electron chi connectivity index (χ0n) is 72.3. The Hall–Kier alpha value is -13.3. The highest BCUT2D eigenvalue weighted by molar-refractivity contribution is 5.86. The maximum atomic E-state index is 2.30. The Morgan fingerprint density at radius 1 is 0.211 bits per heavy atom. The zero-order valence-corrected chi connectivity index (χ0v) is 72.3. The van der Waals surface area contributed by atoms with Crippen molar-refractivity contribution in [3.05, 3.63) is 513 Å². The minimum Gasteiger partial charge on any atom is -0.0654 e. The number of benzene rings is 17. The molecular formula is C123H110. The van der Waals surface area contributed by atoms with Crippen molar-refractivity contribution in [3.63, 3.8) is 0 Å². The number of hydrogen-bond acceptors (Lipinski definition) is 0. The first kappa shape index (κ1) is 80.8. The summed E-state index contributed by atoms with van der Waals surface area (Å²) in [5.74, 6) is 3.36. The third-order valence-corrected chi connectivity index (χ3v) is 27.2. The first-order valence-electron chi connectivity index (χ1n) is 45.1. The summed E-state index contributed by atoms with van der Waals surface area (Å²) in [4.78, 5) is 0. The van der Waals surface area contributed by atoms with Gasteiger partial charge in [0.15, 0.2) is 0 Å². The smallest absolute Gasteiger partial charge is 0.0352 e. The lowest BCUT2D eigenvalue weighted by molar-refractivity contribution is 0.659. The van der Waals surface area contributed by atoms with Crippen molar-refractivity contribution in [1.82, 2.24) is 0 Å². The van der Waals surface area contributed by atoms with E-state index in [9.17, 15) is 0 Å². The van der Waals surface area contributed by atoms with Gasteiger partial charge in [0.2, 0.25) is 0 Å². The van der Waals surface area contributed by atoms with Crippen molar-refractivity contribution in [2.75, 3.05) is 0 Å². The fourth-order valence-electron chi connectivity index (χ4n) is 21.3. The predicted octanol–water partition coefficient (Wildman–Crippen LogP) is 33.5. The molecule has 8 aliphatic carbocycles. The molecular weight excluding hydrogens is 1480 g/mol. The second-order valence-corrected chi connectivity index (χ2v) is 34.5.